The zero-order valence-corrected chi connectivity index (χ0v) is 18.6. The predicted molar refractivity (Wildman–Crippen MR) is 129 cm³/mol. The number of amides is 3. The van der Waals surface area contributed by atoms with Gasteiger partial charge >= 0.3 is 6.03 Å². The van der Waals surface area contributed by atoms with Gasteiger partial charge in [-0.1, -0.05) is 91.0 Å². The van der Waals surface area contributed by atoms with Gasteiger partial charge in [0.25, 0.3) is 0 Å². The number of likely N-dealkylation sites (tertiary alicyclic amines) is 1. The SMILES string of the molecule is O=C(NCc1ccccc1)N1C[C@H]2CC[C@@H](C1)N2C(=O)C(c1ccccc1)c1ccccc1. The van der Waals surface area contributed by atoms with Crippen LogP contribution in [0.5, 0.6) is 0 Å². The van der Waals surface area contributed by atoms with E-state index in [9.17, 15) is 9.59 Å². The molecule has 0 spiro atoms. The topological polar surface area (TPSA) is 52.7 Å². The monoisotopic (exact) mass is 439 g/mol. The molecule has 2 heterocycles. The minimum atomic E-state index is -0.325. The molecule has 3 aromatic rings. The van der Waals surface area contributed by atoms with Gasteiger partial charge in [-0.05, 0) is 29.5 Å². The Kier molecular flexibility index (Phi) is 6.11. The van der Waals surface area contributed by atoms with Gasteiger partial charge in [0.2, 0.25) is 5.91 Å². The van der Waals surface area contributed by atoms with E-state index in [-0.39, 0.29) is 29.9 Å². The fourth-order valence-electron chi connectivity index (χ4n) is 5.23. The van der Waals surface area contributed by atoms with Crippen LogP contribution >= 0.6 is 0 Å². The van der Waals surface area contributed by atoms with Gasteiger partial charge in [-0.15, -0.1) is 0 Å². The Balaban J connectivity index is 1.31. The number of hydrogen-bond acceptors (Lipinski definition) is 2. The van der Waals surface area contributed by atoms with Crippen LogP contribution in [0.2, 0.25) is 0 Å². The number of fused-ring (bicyclic) bond motifs is 2. The number of nitrogens with one attached hydrogen (secondary N) is 1. The minimum Gasteiger partial charge on any atom is -0.334 e. The van der Waals surface area contributed by atoms with Crippen LogP contribution in [-0.4, -0.2) is 46.9 Å². The maximum atomic E-state index is 14.0. The molecule has 2 fully saturated rings. The third-order valence-electron chi connectivity index (χ3n) is 6.82. The summed E-state index contributed by atoms with van der Waals surface area (Å²) in [6.07, 6.45) is 1.88. The molecule has 2 bridgehead atoms. The average molecular weight is 440 g/mol. The number of benzene rings is 3. The summed E-state index contributed by atoms with van der Waals surface area (Å²) in [5.41, 5.74) is 3.10. The number of piperazine rings is 1. The Bertz CT molecular complexity index is 1030. The van der Waals surface area contributed by atoms with Crippen molar-refractivity contribution in [2.45, 2.75) is 37.4 Å². The van der Waals surface area contributed by atoms with E-state index in [1.54, 1.807) is 0 Å². The van der Waals surface area contributed by atoms with Crippen LogP contribution in [0.15, 0.2) is 91.0 Å². The molecule has 5 rings (SSSR count). The maximum absolute atomic E-state index is 14.0. The van der Waals surface area contributed by atoms with Gasteiger partial charge in [0.15, 0.2) is 0 Å². The van der Waals surface area contributed by atoms with Gasteiger partial charge in [0, 0.05) is 31.7 Å². The van der Waals surface area contributed by atoms with Gasteiger partial charge in [0.1, 0.15) is 0 Å². The summed E-state index contributed by atoms with van der Waals surface area (Å²) in [5.74, 6) is -0.182. The zero-order chi connectivity index (χ0) is 22.6. The van der Waals surface area contributed by atoms with E-state index in [2.05, 4.69) is 10.2 Å². The summed E-state index contributed by atoms with van der Waals surface area (Å²) in [5, 5.41) is 3.04. The van der Waals surface area contributed by atoms with E-state index in [0.29, 0.717) is 19.6 Å². The van der Waals surface area contributed by atoms with E-state index >= 15 is 0 Å². The van der Waals surface area contributed by atoms with E-state index in [4.69, 9.17) is 0 Å². The second-order valence-corrected chi connectivity index (χ2v) is 8.93. The molecule has 0 radical (unpaired) electrons. The fraction of sp³-hybridized carbons (Fsp3) is 0.286. The predicted octanol–water partition coefficient (Wildman–Crippen LogP) is 4.40. The summed E-state index contributed by atoms with van der Waals surface area (Å²) in [7, 11) is 0. The van der Waals surface area contributed by atoms with Gasteiger partial charge in [-0.25, -0.2) is 4.79 Å². The van der Waals surface area contributed by atoms with Crippen molar-refractivity contribution in [2.75, 3.05) is 13.1 Å². The molecule has 1 N–H and O–H groups in total. The molecule has 3 aromatic carbocycles. The van der Waals surface area contributed by atoms with Crippen LogP contribution in [0, 0.1) is 0 Å². The van der Waals surface area contributed by atoms with Crippen molar-refractivity contribution in [1.82, 2.24) is 15.1 Å². The van der Waals surface area contributed by atoms with E-state index in [1.165, 1.54) is 0 Å². The molecule has 2 atom stereocenters. The molecule has 0 unspecified atom stereocenters. The first-order chi connectivity index (χ1) is 16.2. The van der Waals surface area contributed by atoms with Gasteiger partial charge < -0.3 is 15.1 Å². The highest BCUT2D eigenvalue weighted by atomic mass is 16.2. The zero-order valence-electron chi connectivity index (χ0n) is 18.6. The molecule has 2 aliphatic rings. The van der Waals surface area contributed by atoms with Crippen LogP contribution in [0.1, 0.15) is 35.4 Å². The van der Waals surface area contributed by atoms with Crippen molar-refractivity contribution in [2.24, 2.45) is 0 Å². The molecule has 2 aliphatic heterocycles. The highest BCUT2D eigenvalue weighted by Crippen LogP contribution is 2.36. The van der Waals surface area contributed by atoms with Crippen molar-refractivity contribution in [3.05, 3.63) is 108 Å². The third-order valence-corrected chi connectivity index (χ3v) is 6.82. The normalized spacial score (nSPS) is 19.5. The number of hydrogen-bond donors (Lipinski definition) is 1. The standard InChI is InChI=1S/C28H29N3O2/c32-27(26(22-12-6-2-7-13-22)23-14-8-3-9-15-23)31-24-16-17-25(31)20-30(19-24)28(33)29-18-21-10-4-1-5-11-21/h1-15,24-26H,16-20H2,(H,29,33)/t24-,25+. The molecule has 3 amide bonds. The average Bonchev–Trinajstić information content (AvgIpc) is 3.13. The van der Waals surface area contributed by atoms with Crippen LogP contribution in [0.4, 0.5) is 4.79 Å². The lowest BCUT2D eigenvalue weighted by Gasteiger charge is -2.42. The van der Waals surface area contributed by atoms with Crippen molar-refractivity contribution >= 4 is 11.9 Å². The molecular weight excluding hydrogens is 410 g/mol. The van der Waals surface area contributed by atoms with Crippen molar-refractivity contribution in [3.63, 3.8) is 0 Å². The van der Waals surface area contributed by atoms with Crippen LogP contribution in [-0.2, 0) is 11.3 Å². The number of carbonyl (C=O) groups is 2. The summed E-state index contributed by atoms with van der Waals surface area (Å²) in [6.45, 7) is 1.68. The van der Waals surface area contributed by atoms with Crippen LogP contribution in [0.25, 0.3) is 0 Å². The summed E-state index contributed by atoms with van der Waals surface area (Å²) in [6, 6.07) is 30.1. The second kappa shape index (κ2) is 9.49. The molecule has 5 nitrogen and oxygen atoms in total. The largest absolute Gasteiger partial charge is 0.334 e. The molecule has 5 heteroatoms. The van der Waals surface area contributed by atoms with Gasteiger partial charge in [0.05, 0.1) is 5.92 Å². The van der Waals surface area contributed by atoms with Crippen molar-refractivity contribution in [1.29, 1.82) is 0 Å². The van der Waals surface area contributed by atoms with Crippen LogP contribution in [0.3, 0.4) is 0 Å². The van der Waals surface area contributed by atoms with Gasteiger partial charge in [-0.2, -0.15) is 0 Å². The smallest absolute Gasteiger partial charge is 0.317 e. The Morgan fingerprint density at radius 2 is 1.24 bits per heavy atom. The number of carbonyl (C=O) groups excluding carboxylic acids is 2. The third kappa shape index (κ3) is 4.49. The maximum Gasteiger partial charge on any atom is 0.317 e. The summed E-state index contributed by atoms with van der Waals surface area (Å²) >= 11 is 0. The van der Waals surface area contributed by atoms with E-state index < -0.39 is 0 Å². The molecule has 0 aliphatic carbocycles. The Morgan fingerprint density at radius 3 is 1.76 bits per heavy atom. The molecule has 168 valence electrons. The molecule has 2 saturated heterocycles. The Morgan fingerprint density at radius 1 is 0.758 bits per heavy atom. The molecule has 0 saturated carbocycles. The Labute approximate surface area is 195 Å². The molecular formula is C28H29N3O2. The molecule has 33 heavy (non-hydrogen) atoms. The molecule has 0 aromatic heterocycles. The van der Waals surface area contributed by atoms with E-state index in [1.807, 2.05) is 95.9 Å². The number of rotatable bonds is 5. The Hall–Kier alpha value is -3.60. The summed E-state index contributed by atoms with van der Waals surface area (Å²) in [4.78, 5) is 30.8. The highest BCUT2D eigenvalue weighted by Gasteiger charge is 2.45. The summed E-state index contributed by atoms with van der Waals surface area (Å²) < 4.78 is 0. The van der Waals surface area contributed by atoms with Crippen molar-refractivity contribution in [3.8, 4) is 0 Å². The lowest BCUT2D eigenvalue weighted by atomic mass is 9.89. The quantitative estimate of drug-likeness (QED) is 0.641. The number of nitrogens with zero attached hydrogens (tertiary/aromatic N) is 2. The van der Waals surface area contributed by atoms with Crippen molar-refractivity contribution < 1.29 is 9.59 Å². The fourth-order valence-corrected chi connectivity index (χ4v) is 5.23. The first-order valence-corrected chi connectivity index (χ1v) is 11.7. The first-order valence-electron chi connectivity index (χ1n) is 11.7. The van der Waals surface area contributed by atoms with Gasteiger partial charge in [-0.3, -0.25) is 4.79 Å². The lowest BCUT2D eigenvalue weighted by molar-refractivity contribution is -0.137. The second-order valence-electron chi connectivity index (χ2n) is 8.93. The number of urea groups is 1. The van der Waals surface area contributed by atoms with E-state index in [0.717, 1.165) is 29.5 Å². The first kappa shape index (κ1) is 21.3. The highest BCUT2D eigenvalue weighted by molar-refractivity contribution is 5.88. The minimum absolute atomic E-state index is 0.0504. The van der Waals surface area contributed by atoms with Crippen LogP contribution < -0.4 is 5.32 Å². The lowest BCUT2D eigenvalue weighted by Crippen LogP contribution is -2.59.